The molecule has 1 saturated heterocycles. The third-order valence-corrected chi connectivity index (χ3v) is 3.69. The molecule has 0 saturated carbocycles. The molecule has 5 nitrogen and oxygen atoms in total. The van der Waals surface area contributed by atoms with E-state index in [4.69, 9.17) is 0 Å². The summed E-state index contributed by atoms with van der Waals surface area (Å²) in [5.74, 6) is -0.794. The van der Waals surface area contributed by atoms with Crippen molar-refractivity contribution in [2.75, 3.05) is 13.1 Å². The molecule has 0 spiro atoms. The van der Waals surface area contributed by atoms with Gasteiger partial charge in [0, 0.05) is 5.56 Å². The molecule has 1 fully saturated rings. The highest BCUT2D eigenvalue weighted by atomic mass is 16.2. The standard InChI is InChI=1S/C15H18N2O3/c1-9-4-5-12(6-10(9)2)15(20)11(3)17-7-13(18)16-14(19)8-17/h4-6,11H,7-8H2,1-3H3,(H,16,18,19). The second-order valence-electron chi connectivity index (χ2n) is 5.22. The maximum Gasteiger partial charge on any atom is 0.240 e. The van der Waals surface area contributed by atoms with Crippen molar-refractivity contribution in [1.29, 1.82) is 0 Å². The van der Waals surface area contributed by atoms with Crippen LogP contribution in [-0.2, 0) is 9.59 Å². The lowest BCUT2D eigenvalue weighted by atomic mass is 9.99. The first-order valence-electron chi connectivity index (χ1n) is 6.56. The maximum absolute atomic E-state index is 12.4. The van der Waals surface area contributed by atoms with Crippen molar-refractivity contribution in [3.8, 4) is 0 Å². The summed E-state index contributed by atoms with van der Waals surface area (Å²) in [6.45, 7) is 5.81. The van der Waals surface area contributed by atoms with Crippen molar-refractivity contribution in [2.45, 2.75) is 26.8 Å². The molecule has 1 aliphatic heterocycles. The number of hydrogen-bond donors (Lipinski definition) is 1. The Morgan fingerprint density at radius 1 is 1.15 bits per heavy atom. The van der Waals surface area contributed by atoms with Gasteiger partial charge in [0.2, 0.25) is 11.8 Å². The average molecular weight is 274 g/mol. The Morgan fingerprint density at radius 3 is 2.30 bits per heavy atom. The van der Waals surface area contributed by atoms with E-state index in [9.17, 15) is 14.4 Å². The number of piperazine rings is 1. The van der Waals surface area contributed by atoms with E-state index < -0.39 is 6.04 Å². The Kier molecular flexibility index (Phi) is 3.99. The van der Waals surface area contributed by atoms with E-state index >= 15 is 0 Å². The van der Waals surface area contributed by atoms with Crippen molar-refractivity contribution in [3.05, 3.63) is 34.9 Å². The summed E-state index contributed by atoms with van der Waals surface area (Å²) in [5, 5.41) is 2.23. The van der Waals surface area contributed by atoms with Crippen LogP contribution in [0.4, 0.5) is 0 Å². The number of aryl methyl sites for hydroxylation is 2. The van der Waals surface area contributed by atoms with Crippen molar-refractivity contribution in [2.24, 2.45) is 0 Å². The minimum absolute atomic E-state index is 0.0729. The van der Waals surface area contributed by atoms with Gasteiger partial charge < -0.3 is 0 Å². The van der Waals surface area contributed by atoms with Gasteiger partial charge >= 0.3 is 0 Å². The molecule has 1 heterocycles. The van der Waals surface area contributed by atoms with Crippen molar-refractivity contribution < 1.29 is 14.4 Å². The van der Waals surface area contributed by atoms with Gasteiger partial charge in [-0.05, 0) is 38.0 Å². The molecule has 1 aromatic rings. The third kappa shape index (κ3) is 2.93. The summed E-state index contributed by atoms with van der Waals surface area (Å²) < 4.78 is 0. The normalized spacial score (nSPS) is 17.8. The van der Waals surface area contributed by atoms with E-state index in [2.05, 4.69) is 5.32 Å². The first kappa shape index (κ1) is 14.4. The molecule has 0 radical (unpaired) electrons. The number of nitrogens with zero attached hydrogens (tertiary/aromatic N) is 1. The molecule has 1 aromatic carbocycles. The van der Waals surface area contributed by atoms with E-state index in [-0.39, 0.29) is 30.7 Å². The molecular weight excluding hydrogens is 256 g/mol. The molecule has 1 atom stereocenters. The number of amides is 2. The van der Waals surface area contributed by atoms with Crippen LogP contribution in [0.3, 0.4) is 0 Å². The Labute approximate surface area is 118 Å². The Balaban J connectivity index is 2.17. The summed E-state index contributed by atoms with van der Waals surface area (Å²) in [6.07, 6.45) is 0. The average Bonchev–Trinajstić information content (AvgIpc) is 2.39. The molecule has 1 unspecified atom stereocenters. The van der Waals surface area contributed by atoms with Gasteiger partial charge in [-0.3, -0.25) is 24.6 Å². The van der Waals surface area contributed by atoms with Crippen molar-refractivity contribution in [3.63, 3.8) is 0 Å². The molecule has 106 valence electrons. The first-order chi connectivity index (χ1) is 9.38. The number of imide groups is 1. The SMILES string of the molecule is Cc1ccc(C(=O)C(C)N2CC(=O)NC(=O)C2)cc1C. The quantitative estimate of drug-likeness (QED) is 0.655. The van der Waals surface area contributed by atoms with E-state index in [1.807, 2.05) is 26.0 Å². The van der Waals surface area contributed by atoms with Crippen LogP contribution in [-0.4, -0.2) is 41.6 Å². The lowest BCUT2D eigenvalue weighted by Crippen LogP contribution is -2.55. The number of carbonyl (C=O) groups excluding carboxylic acids is 3. The first-order valence-corrected chi connectivity index (χ1v) is 6.56. The molecule has 0 aliphatic carbocycles. The summed E-state index contributed by atoms with van der Waals surface area (Å²) in [7, 11) is 0. The molecular formula is C15H18N2O3. The van der Waals surface area contributed by atoms with Crippen LogP contribution < -0.4 is 5.32 Å². The number of carbonyl (C=O) groups is 3. The highest BCUT2D eigenvalue weighted by molar-refractivity contribution is 6.03. The zero-order chi connectivity index (χ0) is 14.9. The van der Waals surface area contributed by atoms with E-state index in [0.717, 1.165) is 11.1 Å². The number of rotatable bonds is 3. The predicted molar refractivity (Wildman–Crippen MR) is 74.4 cm³/mol. The van der Waals surface area contributed by atoms with Gasteiger partial charge in [-0.2, -0.15) is 0 Å². The monoisotopic (exact) mass is 274 g/mol. The third-order valence-electron chi connectivity index (χ3n) is 3.69. The Bertz CT molecular complexity index is 564. The van der Waals surface area contributed by atoms with Gasteiger partial charge in [-0.15, -0.1) is 0 Å². The van der Waals surface area contributed by atoms with E-state index in [1.165, 1.54) is 0 Å². The smallest absolute Gasteiger partial charge is 0.240 e. The summed E-state index contributed by atoms with van der Waals surface area (Å²) in [6, 6.07) is 5.04. The summed E-state index contributed by atoms with van der Waals surface area (Å²) in [5.41, 5.74) is 2.79. The number of nitrogens with one attached hydrogen (secondary N) is 1. The zero-order valence-electron chi connectivity index (χ0n) is 11.9. The van der Waals surface area contributed by atoms with Gasteiger partial charge in [0.05, 0.1) is 19.1 Å². The largest absolute Gasteiger partial charge is 0.294 e. The molecule has 2 amide bonds. The highest BCUT2D eigenvalue weighted by Gasteiger charge is 2.30. The fraction of sp³-hybridized carbons (Fsp3) is 0.400. The number of Topliss-reactive ketones (excluding diaryl/α,β-unsaturated/α-hetero) is 1. The highest BCUT2D eigenvalue weighted by Crippen LogP contribution is 2.14. The minimum atomic E-state index is -0.493. The van der Waals surface area contributed by atoms with Crippen LogP contribution >= 0.6 is 0 Å². The van der Waals surface area contributed by atoms with Gasteiger partial charge in [-0.25, -0.2) is 0 Å². The van der Waals surface area contributed by atoms with Crippen LogP contribution in [0.15, 0.2) is 18.2 Å². The summed E-state index contributed by atoms with van der Waals surface area (Å²) >= 11 is 0. The van der Waals surface area contributed by atoms with Crippen LogP contribution in [0, 0.1) is 13.8 Å². The number of benzene rings is 1. The molecule has 5 heteroatoms. The fourth-order valence-corrected chi connectivity index (χ4v) is 2.23. The second-order valence-corrected chi connectivity index (χ2v) is 5.22. The lowest BCUT2D eigenvalue weighted by molar-refractivity contribution is -0.136. The van der Waals surface area contributed by atoms with E-state index in [0.29, 0.717) is 5.56 Å². The van der Waals surface area contributed by atoms with Gasteiger partial charge in [0.1, 0.15) is 0 Å². The Hall–Kier alpha value is -2.01. The zero-order valence-corrected chi connectivity index (χ0v) is 11.9. The van der Waals surface area contributed by atoms with Crippen molar-refractivity contribution >= 4 is 17.6 Å². The molecule has 1 N–H and O–H groups in total. The predicted octanol–water partition coefficient (Wildman–Crippen LogP) is 0.833. The maximum atomic E-state index is 12.4. The fourth-order valence-electron chi connectivity index (χ4n) is 2.23. The van der Waals surface area contributed by atoms with Gasteiger partial charge in [0.25, 0.3) is 0 Å². The van der Waals surface area contributed by atoms with E-state index in [1.54, 1.807) is 17.9 Å². The molecule has 20 heavy (non-hydrogen) atoms. The van der Waals surface area contributed by atoms with Crippen LogP contribution in [0.25, 0.3) is 0 Å². The van der Waals surface area contributed by atoms with Crippen LogP contribution in [0.5, 0.6) is 0 Å². The number of hydrogen-bond acceptors (Lipinski definition) is 4. The topological polar surface area (TPSA) is 66.5 Å². The lowest BCUT2D eigenvalue weighted by Gasteiger charge is -2.30. The second kappa shape index (κ2) is 5.54. The van der Waals surface area contributed by atoms with Crippen LogP contribution in [0.2, 0.25) is 0 Å². The van der Waals surface area contributed by atoms with Gasteiger partial charge in [0.15, 0.2) is 5.78 Å². The summed E-state index contributed by atoms with van der Waals surface area (Å²) in [4.78, 5) is 36.8. The molecule has 0 bridgehead atoms. The molecule has 0 aromatic heterocycles. The van der Waals surface area contributed by atoms with Gasteiger partial charge in [-0.1, -0.05) is 12.1 Å². The van der Waals surface area contributed by atoms with Crippen molar-refractivity contribution in [1.82, 2.24) is 10.2 Å². The van der Waals surface area contributed by atoms with Crippen LogP contribution in [0.1, 0.15) is 28.4 Å². The molecule has 2 rings (SSSR count). The number of ketones is 1. The Morgan fingerprint density at radius 2 is 1.75 bits per heavy atom. The minimum Gasteiger partial charge on any atom is -0.294 e. The molecule has 1 aliphatic rings.